The van der Waals surface area contributed by atoms with Crippen molar-refractivity contribution >= 4 is 66.4 Å². The number of nitrogens with zero attached hydrogens (tertiary/aromatic N) is 4. The first-order valence-electron chi connectivity index (χ1n) is 12.2. The number of rotatable bonds is 4. The Labute approximate surface area is 225 Å². The van der Waals surface area contributed by atoms with E-state index in [1.165, 1.54) is 5.56 Å². The van der Waals surface area contributed by atoms with Crippen LogP contribution < -0.4 is 4.90 Å². The van der Waals surface area contributed by atoms with Crippen LogP contribution in [-0.4, -0.2) is 49.9 Å². The third kappa shape index (κ3) is 3.85. The van der Waals surface area contributed by atoms with E-state index >= 15 is 0 Å². The molecule has 2 saturated heterocycles. The van der Waals surface area contributed by atoms with Crippen molar-refractivity contribution in [2.45, 2.75) is 43.4 Å². The molecule has 6 rings (SSSR count). The highest BCUT2D eigenvalue weighted by atomic mass is 127. The molecular formula is C27H26IN4O3P. The minimum Gasteiger partial charge on any atom is -0.299 e. The van der Waals surface area contributed by atoms with Gasteiger partial charge in [0.05, 0.1) is 39.6 Å². The Morgan fingerprint density at radius 1 is 1.03 bits per heavy atom. The predicted molar refractivity (Wildman–Crippen MR) is 150 cm³/mol. The summed E-state index contributed by atoms with van der Waals surface area (Å²) in [5, 5.41) is 0.679. The van der Waals surface area contributed by atoms with E-state index in [0.717, 1.165) is 57.7 Å². The number of amides is 3. The molecule has 184 valence electrons. The second-order valence-corrected chi connectivity index (χ2v) is 11.9. The zero-order valence-electron chi connectivity index (χ0n) is 19.7. The van der Waals surface area contributed by atoms with Crippen molar-refractivity contribution in [1.82, 2.24) is 13.0 Å². The molecule has 2 unspecified atom stereocenters. The summed E-state index contributed by atoms with van der Waals surface area (Å²) < 4.78 is 1.12. The molecule has 0 radical (unpaired) electrons. The summed E-state index contributed by atoms with van der Waals surface area (Å²) in [5.74, 6) is -0.749. The van der Waals surface area contributed by atoms with Gasteiger partial charge in [0.2, 0.25) is 5.91 Å². The minimum absolute atomic E-state index is 0.139. The largest absolute Gasteiger partial charge is 0.299 e. The van der Waals surface area contributed by atoms with Gasteiger partial charge in [0, 0.05) is 29.7 Å². The number of hydrogen-bond acceptors (Lipinski definition) is 5. The molecule has 3 amide bonds. The van der Waals surface area contributed by atoms with E-state index in [4.69, 9.17) is 4.98 Å². The lowest BCUT2D eigenvalue weighted by Gasteiger charge is -2.40. The van der Waals surface area contributed by atoms with Gasteiger partial charge in [0.1, 0.15) is 6.04 Å². The van der Waals surface area contributed by atoms with Crippen LogP contribution in [0.5, 0.6) is 0 Å². The highest BCUT2D eigenvalue weighted by molar-refractivity contribution is 14.1. The second kappa shape index (κ2) is 9.15. The summed E-state index contributed by atoms with van der Waals surface area (Å²) in [5.41, 5.74) is 4.58. The highest BCUT2D eigenvalue weighted by Crippen LogP contribution is 2.48. The zero-order valence-corrected chi connectivity index (χ0v) is 23.0. The lowest BCUT2D eigenvalue weighted by Crippen LogP contribution is -2.52. The number of carbonyl (C=O) groups excluding carboxylic acids is 3. The molecule has 2 fully saturated rings. The molecule has 2 atom stereocenters. The number of aromatic nitrogens is 1. The summed E-state index contributed by atoms with van der Waals surface area (Å²) in [6, 6.07) is 15.6. The van der Waals surface area contributed by atoms with Gasteiger partial charge >= 0.3 is 0 Å². The quantitative estimate of drug-likeness (QED) is 0.189. The number of carbonyl (C=O) groups is 3. The van der Waals surface area contributed by atoms with E-state index in [-0.39, 0.29) is 29.3 Å². The number of anilines is 1. The first-order valence-corrected chi connectivity index (χ1v) is 13.7. The summed E-state index contributed by atoms with van der Waals surface area (Å²) in [4.78, 5) is 47.3. The Bertz CT molecular complexity index is 1390. The maximum absolute atomic E-state index is 13.5. The number of hydrogen-bond donors (Lipinski definition) is 0. The topological polar surface area (TPSA) is 73.8 Å². The fourth-order valence-electron chi connectivity index (χ4n) is 5.78. The maximum atomic E-state index is 13.5. The summed E-state index contributed by atoms with van der Waals surface area (Å²) in [6.07, 6.45) is 4.24. The van der Waals surface area contributed by atoms with Crippen LogP contribution in [-0.2, 0) is 21.3 Å². The van der Waals surface area contributed by atoms with E-state index < -0.39 is 6.04 Å². The van der Waals surface area contributed by atoms with Crippen LogP contribution in [0.15, 0.2) is 54.7 Å². The van der Waals surface area contributed by atoms with E-state index in [2.05, 4.69) is 38.4 Å². The molecule has 0 N–H and O–H groups in total. The van der Waals surface area contributed by atoms with Gasteiger partial charge in [-0.2, -0.15) is 0 Å². The molecule has 2 aromatic carbocycles. The number of imide groups is 1. The molecular weight excluding hydrogens is 586 g/mol. The van der Waals surface area contributed by atoms with Gasteiger partial charge in [0.25, 0.3) is 11.8 Å². The molecule has 0 saturated carbocycles. The molecule has 0 aliphatic carbocycles. The van der Waals surface area contributed by atoms with Gasteiger partial charge in [-0.25, -0.2) is 3.11 Å². The first-order chi connectivity index (χ1) is 17.4. The molecule has 0 spiro atoms. The van der Waals surface area contributed by atoms with Crippen molar-refractivity contribution in [1.29, 1.82) is 0 Å². The van der Waals surface area contributed by atoms with Gasteiger partial charge in [-0.3, -0.25) is 29.2 Å². The van der Waals surface area contributed by atoms with Crippen molar-refractivity contribution in [3.63, 3.8) is 0 Å². The van der Waals surface area contributed by atoms with E-state index in [0.29, 0.717) is 12.0 Å². The number of benzene rings is 2. The smallest absolute Gasteiger partial charge is 0.261 e. The predicted octanol–water partition coefficient (Wildman–Crippen LogP) is 4.43. The van der Waals surface area contributed by atoms with Crippen LogP contribution >= 0.6 is 32.1 Å². The fourth-order valence-corrected chi connectivity index (χ4v) is 6.83. The summed E-state index contributed by atoms with van der Waals surface area (Å²) >= 11 is 1.75. The minimum atomic E-state index is -0.681. The van der Waals surface area contributed by atoms with Crippen LogP contribution in [0.4, 0.5) is 5.69 Å². The molecule has 3 aromatic rings. The number of halogens is 1. The molecule has 9 heteroatoms. The van der Waals surface area contributed by atoms with E-state index in [9.17, 15) is 14.4 Å². The monoisotopic (exact) mass is 612 g/mol. The molecule has 3 aliphatic heterocycles. The Balaban J connectivity index is 1.31. The standard InChI is InChI=1S/C27H26IN4O3P/c28-32-22(33)9-8-21(26(32)35)31-20-10-13-29-24-19(7-6-18(23(20)24)25(31)34)27(36)11-14-30(15-12-27)16-17-4-2-1-3-5-17/h1-7,10,13,21H,8-9,11-12,14-16,36H2. The Morgan fingerprint density at radius 2 is 1.78 bits per heavy atom. The molecule has 7 nitrogen and oxygen atoms in total. The summed E-state index contributed by atoms with van der Waals surface area (Å²) in [6.45, 7) is 2.89. The van der Waals surface area contributed by atoms with Crippen molar-refractivity contribution in [2.75, 3.05) is 18.0 Å². The van der Waals surface area contributed by atoms with Gasteiger partial charge in [0.15, 0.2) is 0 Å². The number of pyridine rings is 1. The lowest BCUT2D eigenvalue weighted by molar-refractivity contribution is -0.140. The average Bonchev–Trinajstić information content (AvgIpc) is 3.18. The Morgan fingerprint density at radius 3 is 2.53 bits per heavy atom. The Kier molecular flexibility index (Phi) is 6.09. The third-order valence-corrected chi connectivity index (χ3v) is 9.66. The van der Waals surface area contributed by atoms with Gasteiger partial charge in [-0.15, -0.1) is 9.24 Å². The van der Waals surface area contributed by atoms with Gasteiger partial charge < -0.3 is 0 Å². The molecule has 36 heavy (non-hydrogen) atoms. The van der Waals surface area contributed by atoms with Crippen LogP contribution in [0.3, 0.4) is 0 Å². The van der Waals surface area contributed by atoms with Gasteiger partial charge in [-0.05, 0) is 55.6 Å². The van der Waals surface area contributed by atoms with Crippen molar-refractivity contribution < 1.29 is 14.4 Å². The van der Waals surface area contributed by atoms with E-state index in [1.807, 2.05) is 24.3 Å². The second-order valence-electron chi connectivity index (χ2n) is 9.87. The van der Waals surface area contributed by atoms with Crippen molar-refractivity contribution in [3.05, 3.63) is 71.4 Å². The third-order valence-electron chi connectivity index (χ3n) is 7.75. The fraction of sp³-hybridized carbons (Fsp3) is 0.333. The van der Waals surface area contributed by atoms with Gasteiger partial charge in [-0.1, -0.05) is 36.4 Å². The maximum Gasteiger partial charge on any atom is 0.261 e. The van der Waals surface area contributed by atoms with E-state index in [1.54, 1.807) is 34.0 Å². The molecule has 1 aromatic heterocycles. The van der Waals surface area contributed by atoms with Crippen molar-refractivity contribution in [3.8, 4) is 0 Å². The Hall–Kier alpha value is -2.42. The number of likely N-dealkylation sites (tertiary alicyclic amines) is 1. The first kappa shape index (κ1) is 23.9. The number of piperidine rings is 2. The summed E-state index contributed by atoms with van der Waals surface area (Å²) in [7, 11) is 3.09. The highest BCUT2D eigenvalue weighted by Gasteiger charge is 2.44. The van der Waals surface area contributed by atoms with Crippen LogP contribution in [0.2, 0.25) is 0 Å². The van der Waals surface area contributed by atoms with Crippen LogP contribution in [0, 0.1) is 0 Å². The molecule has 3 aliphatic rings. The zero-order chi connectivity index (χ0) is 25.0. The SMILES string of the molecule is O=C1CCC(N2C(=O)c3ccc(C4(P)CCN(Cc5ccccc5)CC4)c4nccc2c34)C(=O)N1I. The van der Waals surface area contributed by atoms with Crippen LogP contribution in [0.1, 0.15) is 47.2 Å². The van der Waals surface area contributed by atoms with Crippen LogP contribution in [0.25, 0.3) is 10.9 Å². The average molecular weight is 612 g/mol. The normalized spacial score (nSPS) is 22.1. The molecule has 0 bridgehead atoms. The lowest BCUT2D eigenvalue weighted by atomic mass is 9.85. The van der Waals surface area contributed by atoms with Crippen molar-refractivity contribution in [2.24, 2.45) is 0 Å². The molecule has 4 heterocycles.